The molecule has 5 nitrogen and oxygen atoms in total. The topological polar surface area (TPSA) is 64.4 Å². The maximum absolute atomic E-state index is 12.9. The number of oxazole rings is 1. The molecule has 0 radical (unpaired) electrons. The molecule has 0 aliphatic carbocycles. The van der Waals surface area contributed by atoms with Crippen molar-refractivity contribution in [3.63, 3.8) is 0 Å². The van der Waals surface area contributed by atoms with E-state index < -0.39 is 0 Å². The van der Waals surface area contributed by atoms with Crippen LogP contribution in [-0.2, 0) is 6.42 Å². The van der Waals surface area contributed by atoms with Crippen LogP contribution in [0.5, 0.6) is 5.75 Å². The Morgan fingerprint density at radius 1 is 1.24 bits per heavy atom. The van der Waals surface area contributed by atoms with E-state index in [4.69, 9.17) is 9.15 Å². The second-order valence-corrected chi connectivity index (χ2v) is 5.39. The van der Waals surface area contributed by atoms with Crippen molar-refractivity contribution < 1.29 is 18.3 Å². The monoisotopic (exact) mass is 340 g/mol. The van der Waals surface area contributed by atoms with Crippen molar-refractivity contribution in [1.82, 2.24) is 10.3 Å². The number of nitrogens with one attached hydrogen (secondary N) is 1. The summed E-state index contributed by atoms with van der Waals surface area (Å²) in [5.74, 6) is 0.569. The van der Waals surface area contributed by atoms with E-state index in [2.05, 4.69) is 10.3 Å². The second kappa shape index (κ2) is 7.61. The van der Waals surface area contributed by atoms with Gasteiger partial charge in [0.2, 0.25) is 5.89 Å². The molecule has 1 amide bonds. The van der Waals surface area contributed by atoms with Gasteiger partial charge in [-0.2, -0.15) is 0 Å². The van der Waals surface area contributed by atoms with Gasteiger partial charge in [-0.25, -0.2) is 9.37 Å². The van der Waals surface area contributed by atoms with Gasteiger partial charge in [-0.05, 0) is 42.5 Å². The summed E-state index contributed by atoms with van der Waals surface area (Å²) in [5, 5.41) is 2.83. The summed E-state index contributed by atoms with van der Waals surface area (Å²) >= 11 is 0. The molecule has 0 saturated heterocycles. The van der Waals surface area contributed by atoms with Gasteiger partial charge in [0, 0.05) is 24.1 Å². The number of benzene rings is 2. The van der Waals surface area contributed by atoms with Crippen LogP contribution in [0.25, 0.3) is 11.5 Å². The molecule has 25 heavy (non-hydrogen) atoms. The average Bonchev–Trinajstić information content (AvgIpc) is 3.11. The summed E-state index contributed by atoms with van der Waals surface area (Å²) < 4.78 is 23.4. The highest BCUT2D eigenvalue weighted by atomic mass is 19.1. The molecule has 0 saturated carbocycles. The minimum atomic E-state index is -0.309. The minimum absolute atomic E-state index is 0.179. The van der Waals surface area contributed by atoms with Gasteiger partial charge in [0.05, 0.1) is 12.8 Å². The van der Waals surface area contributed by atoms with Crippen LogP contribution >= 0.6 is 0 Å². The fraction of sp³-hybridized carbons (Fsp3) is 0.158. The first-order valence-corrected chi connectivity index (χ1v) is 7.78. The molecule has 0 bridgehead atoms. The summed E-state index contributed by atoms with van der Waals surface area (Å²) in [7, 11) is 1.56. The van der Waals surface area contributed by atoms with Crippen LogP contribution < -0.4 is 10.1 Å². The van der Waals surface area contributed by atoms with Crippen molar-refractivity contribution in [3.05, 3.63) is 71.9 Å². The third-order valence-corrected chi connectivity index (χ3v) is 3.64. The minimum Gasteiger partial charge on any atom is -0.497 e. The van der Waals surface area contributed by atoms with Gasteiger partial charge in [0.1, 0.15) is 17.8 Å². The van der Waals surface area contributed by atoms with Gasteiger partial charge < -0.3 is 14.5 Å². The van der Waals surface area contributed by atoms with E-state index in [0.29, 0.717) is 41.4 Å². The fourth-order valence-corrected chi connectivity index (χ4v) is 2.32. The zero-order chi connectivity index (χ0) is 17.6. The van der Waals surface area contributed by atoms with Crippen molar-refractivity contribution in [2.75, 3.05) is 13.7 Å². The van der Waals surface area contributed by atoms with Crippen LogP contribution in [0.1, 0.15) is 16.1 Å². The van der Waals surface area contributed by atoms with E-state index in [1.54, 1.807) is 43.5 Å². The van der Waals surface area contributed by atoms with Gasteiger partial charge >= 0.3 is 0 Å². The number of carbonyl (C=O) groups excluding carboxylic acids is 1. The van der Waals surface area contributed by atoms with Crippen LogP contribution in [0.3, 0.4) is 0 Å². The van der Waals surface area contributed by atoms with E-state index >= 15 is 0 Å². The van der Waals surface area contributed by atoms with Crippen molar-refractivity contribution in [3.8, 4) is 17.2 Å². The molecule has 0 aliphatic heterocycles. The molecular weight excluding hydrogens is 323 g/mol. The molecule has 0 atom stereocenters. The third kappa shape index (κ3) is 4.23. The number of amides is 1. The molecule has 3 aromatic rings. The van der Waals surface area contributed by atoms with Crippen LogP contribution in [0.15, 0.2) is 59.2 Å². The average molecular weight is 340 g/mol. The number of carbonyl (C=O) groups is 1. The Kier molecular flexibility index (Phi) is 5.09. The molecule has 128 valence electrons. The largest absolute Gasteiger partial charge is 0.497 e. The predicted molar refractivity (Wildman–Crippen MR) is 90.9 cm³/mol. The Bertz CT molecular complexity index is 859. The molecule has 6 heteroatoms. The lowest BCUT2D eigenvalue weighted by atomic mass is 10.2. The van der Waals surface area contributed by atoms with Gasteiger partial charge in [0.15, 0.2) is 0 Å². The number of hydrogen-bond donors (Lipinski definition) is 1. The summed E-state index contributed by atoms with van der Waals surface area (Å²) in [6.07, 6.45) is 2.07. The first-order chi connectivity index (χ1) is 12.2. The number of nitrogens with zero attached hydrogens (tertiary/aromatic N) is 1. The first-order valence-electron chi connectivity index (χ1n) is 7.78. The second-order valence-electron chi connectivity index (χ2n) is 5.39. The summed E-state index contributed by atoms with van der Waals surface area (Å²) in [6, 6.07) is 12.9. The van der Waals surface area contributed by atoms with Crippen LogP contribution in [0.2, 0.25) is 0 Å². The summed E-state index contributed by atoms with van der Waals surface area (Å²) in [6.45, 7) is 0.422. The number of halogens is 1. The van der Waals surface area contributed by atoms with Gasteiger partial charge in [-0.3, -0.25) is 4.79 Å². The van der Waals surface area contributed by atoms with Crippen molar-refractivity contribution >= 4 is 5.91 Å². The molecule has 0 aliphatic rings. The maximum atomic E-state index is 12.9. The van der Waals surface area contributed by atoms with Gasteiger partial charge in [-0.1, -0.05) is 6.07 Å². The SMILES string of the molecule is COc1cccc(C(=O)NCCc2coc(-c3ccc(F)cc3)n2)c1. The van der Waals surface area contributed by atoms with Crippen molar-refractivity contribution in [1.29, 1.82) is 0 Å². The van der Waals surface area contributed by atoms with E-state index in [1.165, 1.54) is 18.4 Å². The molecule has 0 fully saturated rings. The lowest BCUT2D eigenvalue weighted by molar-refractivity contribution is 0.0953. The smallest absolute Gasteiger partial charge is 0.251 e. The van der Waals surface area contributed by atoms with Crippen molar-refractivity contribution in [2.45, 2.75) is 6.42 Å². The molecule has 2 aromatic carbocycles. The molecule has 1 aromatic heterocycles. The standard InChI is InChI=1S/C19H17FN2O3/c1-24-17-4-2-3-14(11-17)18(23)21-10-9-16-12-25-19(22-16)13-5-7-15(20)8-6-13/h2-8,11-12H,9-10H2,1H3,(H,21,23). The van der Waals surface area contributed by atoms with E-state index in [-0.39, 0.29) is 11.7 Å². The van der Waals surface area contributed by atoms with Crippen LogP contribution in [-0.4, -0.2) is 24.5 Å². The van der Waals surface area contributed by atoms with Crippen LogP contribution in [0.4, 0.5) is 4.39 Å². The maximum Gasteiger partial charge on any atom is 0.251 e. The molecule has 0 spiro atoms. The van der Waals surface area contributed by atoms with E-state index in [1.807, 2.05) is 0 Å². The highest BCUT2D eigenvalue weighted by Gasteiger charge is 2.09. The third-order valence-electron chi connectivity index (χ3n) is 3.64. The lowest BCUT2D eigenvalue weighted by Gasteiger charge is -2.05. The Morgan fingerprint density at radius 3 is 2.80 bits per heavy atom. The zero-order valence-electron chi connectivity index (χ0n) is 13.7. The van der Waals surface area contributed by atoms with Gasteiger partial charge in [0.25, 0.3) is 5.91 Å². The molecule has 1 N–H and O–H groups in total. The molecular formula is C19H17FN2O3. The predicted octanol–water partition coefficient (Wildman–Crippen LogP) is 3.46. The Balaban J connectivity index is 1.55. The fourth-order valence-electron chi connectivity index (χ4n) is 2.32. The number of methoxy groups -OCH3 is 1. The summed E-state index contributed by atoms with van der Waals surface area (Å²) in [4.78, 5) is 16.5. The van der Waals surface area contributed by atoms with Crippen molar-refractivity contribution in [2.24, 2.45) is 0 Å². The highest BCUT2D eigenvalue weighted by Crippen LogP contribution is 2.19. The number of aromatic nitrogens is 1. The summed E-state index contributed by atoms with van der Waals surface area (Å²) in [5.41, 5.74) is 1.95. The Labute approximate surface area is 144 Å². The Morgan fingerprint density at radius 2 is 2.04 bits per heavy atom. The lowest BCUT2D eigenvalue weighted by Crippen LogP contribution is -2.25. The molecule has 3 rings (SSSR count). The Hall–Kier alpha value is -3.15. The molecule has 1 heterocycles. The van der Waals surface area contributed by atoms with Gasteiger partial charge in [-0.15, -0.1) is 0 Å². The molecule has 0 unspecified atom stereocenters. The number of ether oxygens (including phenoxy) is 1. The van der Waals surface area contributed by atoms with E-state index in [9.17, 15) is 9.18 Å². The number of rotatable bonds is 6. The normalized spacial score (nSPS) is 10.5. The first kappa shape index (κ1) is 16.7. The highest BCUT2D eigenvalue weighted by molar-refractivity contribution is 5.94. The zero-order valence-corrected chi connectivity index (χ0v) is 13.7. The quantitative estimate of drug-likeness (QED) is 0.746. The van der Waals surface area contributed by atoms with Crippen LogP contribution in [0, 0.1) is 5.82 Å². The number of hydrogen-bond acceptors (Lipinski definition) is 4. The van der Waals surface area contributed by atoms with E-state index in [0.717, 1.165) is 0 Å².